The second-order valence-electron chi connectivity index (χ2n) is 4.67. The molecule has 0 spiro atoms. The van der Waals surface area contributed by atoms with Crippen molar-refractivity contribution in [3.8, 4) is 0 Å². The molecule has 1 atom stereocenters. The molecule has 1 saturated heterocycles. The summed E-state index contributed by atoms with van der Waals surface area (Å²) in [6, 6.07) is 6.32. The molecule has 17 heavy (non-hydrogen) atoms. The number of aromatic nitrogens is 2. The van der Waals surface area contributed by atoms with Crippen molar-refractivity contribution in [2.24, 2.45) is 0 Å². The molecule has 0 radical (unpaired) electrons. The quantitative estimate of drug-likeness (QED) is 0.802. The van der Waals surface area contributed by atoms with E-state index in [1.54, 1.807) is 0 Å². The van der Waals surface area contributed by atoms with E-state index in [1.165, 1.54) is 0 Å². The molecule has 1 aliphatic heterocycles. The highest BCUT2D eigenvalue weighted by Crippen LogP contribution is 2.27. The number of hydrogen-bond acceptors (Lipinski definition) is 2. The average molecular weight is 268 g/mol. The predicted octanol–water partition coefficient (Wildman–Crippen LogP) is 3.23. The van der Waals surface area contributed by atoms with Gasteiger partial charge in [-0.2, -0.15) is 0 Å². The maximum Gasteiger partial charge on any atom is 0.178 e. The van der Waals surface area contributed by atoms with Crippen molar-refractivity contribution in [3.63, 3.8) is 0 Å². The number of hydrogen-bond donors (Lipinski definition) is 1. The molecule has 90 valence electrons. The first-order chi connectivity index (χ1) is 8.15. The number of rotatable bonds is 1. The largest absolute Gasteiger partial charge is 0.331 e. The summed E-state index contributed by atoms with van der Waals surface area (Å²) in [4.78, 5) is 5.58. The molecule has 3 nitrogen and oxygen atoms in total. The lowest BCUT2D eigenvalue weighted by Crippen LogP contribution is -2.16. The molecular weight excluding hydrogens is 254 g/mol. The Morgan fingerprint density at radius 2 is 2.29 bits per heavy atom. The highest BCUT2D eigenvalue weighted by atomic mass is 35.5. The number of nitrogens with zero attached hydrogens (tertiary/aromatic N) is 2. The lowest BCUT2D eigenvalue weighted by Gasteiger charge is -2.13. The Kier molecular flexibility index (Phi) is 2.73. The van der Waals surface area contributed by atoms with E-state index in [4.69, 9.17) is 23.8 Å². The summed E-state index contributed by atoms with van der Waals surface area (Å²) >= 11 is 11.5. The molecule has 1 aromatic carbocycles. The van der Waals surface area contributed by atoms with Crippen molar-refractivity contribution in [3.05, 3.63) is 28.0 Å². The molecule has 1 fully saturated rings. The molecule has 1 aromatic heterocycles. The number of likely N-dealkylation sites (N-methyl/N-ethyl adjacent to an activating group) is 1. The molecule has 0 bridgehead atoms. The standard InChI is InChI=1S/C12H14ClN3S/c1-15-5-4-9(7-15)16-11-6-8(13)2-3-10(11)14-12(16)17/h2-3,6,9H,4-5,7H2,1H3,(H,14,17). The fourth-order valence-electron chi connectivity index (χ4n) is 2.58. The van der Waals surface area contributed by atoms with E-state index in [1.807, 2.05) is 18.2 Å². The van der Waals surface area contributed by atoms with Crippen molar-refractivity contribution >= 4 is 34.9 Å². The lowest BCUT2D eigenvalue weighted by atomic mass is 10.2. The van der Waals surface area contributed by atoms with Crippen LogP contribution in [0.3, 0.4) is 0 Å². The van der Waals surface area contributed by atoms with Gasteiger partial charge in [-0.1, -0.05) is 11.6 Å². The van der Waals surface area contributed by atoms with Crippen LogP contribution in [-0.2, 0) is 0 Å². The topological polar surface area (TPSA) is 24.0 Å². The van der Waals surface area contributed by atoms with Gasteiger partial charge < -0.3 is 14.5 Å². The summed E-state index contributed by atoms with van der Waals surface area (Å²) < 4.78 is 3.00. The number of aromatic amines is 1. The zero-order valence-electron chi connectivity index (χ0n) is 9.61. The molecule has 1 unspecified atom stereocenters. The first-order valence-corrected chi connectivity index (χ1v) is 6.52. The minimum Gasteiger partial charge on any atom is -0.331 e. The highest BCUT2D eigenvalue weighted by molar-refractivity contribution is 7.71. The van der Waals surface area contributed by atoms with E-state index in [-0.39, 0.29) is 0 Å². The number of fused-ring (bicyclic) bond motifs is 1. The van der Waals surface area contributed by atoms with Crippen LogP contribution in [0.5, 0.6) is 0 Å². The minimum atomic E-state index is 0.458. The zero-order valence-corrected chi connectivity index (χ0v) is 11.2. The minimum absolute atomic E-state index is 0.458. The van der Waals surface area contributed by atoms with Crippen LogP contribution in [0, 0.1) is 4.77 Å². The predicted molar refractivity (Wildman–Crippen MR) is 73.3 cm³/mol. The van der Waals surface area contributed by atoms with Crippen molar-refractivity contribution in [1.82, 2.24) is 14.5 Å². The van der Waals surface area contributed by atoms with Gasteiger partial charge in [0.2, 0.25) is 0 Å². The van der Waals surface area contributed by atoms with Gasteiger partial charge in [-0.05, 0) is 50.4 Å². The van der Waals surface area contributed by atoms with Crippen molar-refractivity contribution in [2.45, 2.75) is 12.5 Å². The summed E-state index contributed by atoms with van der Waals surface area (Å²) in [5.41, 5.74) is 2.18. The van der Waals surface area contributed by atoms with Gasteiger partial charge in [0.15, 0.2) is 4.77 Å². The number of halogens is 1. The number of H-pyrrole nitrogens is 1. The maximum absolute atomic E-state index is 6.06. The fourth-order valence-corrected chi connectivity index (χ4v) is 3.10. The van der Waals surface area contributed by atoms with Gasteiger partial charge in [-0.15, -0.1) is 0 Å². The van der Waals surface area contributed by atoms with E-state index in [0.29, 0.717) is 6.04 Å². The molecule has 2 aromatic rings. The second kappa shape index (κ2) is 4.12. The number of benzene rings is 1. The fraction of sp³-hybridized carbons (Fsp3) is 0.417. The number of nitrogens with one attached hydrogen (secondary N) is 1. The lowest BCUT2D eigenvalue weighted by molar-refractivity contribution is 0.394. The third-order valence-electron chi connectivity index (χ3n) is 3.41. The summed E-state index contributed by atoms with van der Waals surface area (Å²) in [7, 11) is 2.14. The SMILES string of the molecule is CN1CCC(n2c(=S)[nH]c3ccc(Cl)cc32)C1. The Hall–Kier alpha value is -0.840. The molecule has 0 saturated carbocycles. The molecule has 1 N–H and O–H groups in total. The molecule has 3 rings (SSSR count). The van der Waals surface area contributed by atoms with Crippen molar-refractivity contribution < 1.29 is 0 Å². The summed E-state index contributed by atoms with van der Waals surface area (Å²) in [5.74, 6) is 0. The van der Waals surface area contributed by atoms with Gasteiger partial charge in [-0.25, -0.2) is 0 Å². The first-order valence-electron chi connectivity index (χ1n) is 5.73. The molecular formula is C12H14ClN3S. The van der Waals surface area contributed by atoms with Gasteiger partial charge >= 0.3 is 0 Å². The average Bonchev–Trinajstić information content (AvgIpc) is 2.81. The van der Waals surface area contributed by atoms with Gasteiger partial charge in [0.1, 0.15) is 0 Å². The Bertz CT molecular complexity index is 616. The normalized spacial score (nSPS) is 21.4. The Morgan fingerprint density at radius 3 is 3.00 bits per heavy atom. The molecule has 0 aliphatic carbocycles. The van der Waals surface area contributed by atoms with Crippen LogP contribution in [0.1, 0.15) is 12.5 Å². The Balaban J connectivity index is 2.17. The number of likely N-dealkylation sites (tertiary alicyclic amines) is 1. The van der Waals surface area contributed by atoms with Crippen LogP contribution in [0.2, 0.25) is 5.02 Å². The van der Waals surface area contributed by atoms with Gasteiger partial charge in [0.25, 0.3) is 0 Å². The van der Waals surface area contributed by atoms with E-state index < -0.39 is 0 Å². The van der Waals surface area contributed by atoms with Gasteiger partial charge in [0, 0.05) is 11.6 Å². The van der Waals surface area contributed by atoms with Crippen LogP contribution in [0.15, 0.2) is 18.2 Å². The summed E-state index contributed by atoms with van der Waals surface area (Å²) in [6.45, 7) is 2.17. The van der Waals surface area contributed by atoms with Crippen LogP contribution in [0.4, 0.5) is 0 Å². The summed E-state index contributed by atoms with van der Waals surface area (Å²) in [5, 5.41) is 0.756. The molecule has 0 amide bonds. The van der Waals surface area contributed by atoms with E-state index in [2.05, 4.69) is 21.5 Å². The van der Waals surface area contributed by atoms with Crippen LogP contribution in [-0.4, -0.2) is 34.6 Å². The Morgan fingerprint density at radius 1 is 1.47 bits per heavy atom. The third-order valence-corrected chi connectivity index (χ3v) is 3.95. The van der Waals surface area contributed by atoms with Crippen LogP contribution in [0.25, 0.3) is 11.0 Å². The van der Waals surface area contributed by atoms with E-state index in [0.717, 1.165) is 40.3 Å². The van der Waals surface area contributed by atoms with Gasteiger partial charge in [-0.3, -0.25) is 0 Å². The highest BCUT2D eigenvalue weighted by Gasteiger charge is 2.23. The summed E-state index contributed by atoms with van der Waals surface area (Å²) in [6.07, 6.45) is 1.14. The van der Waals surface area contributed by atoms with Crippen LogP contribution < -0.4 is 0 Å². The molecule has 5 heteroatoms. The maximum atomic E-state index is 6.06. The monoisotopic (exact) mass is 267 g/mol. The molecule has 2 heterocycles. The van der Waals surface area contributed by atoms with E-state index >= 15 is 0 Å². The Labute approximate surface area is 110 Å². The zero-order chi connectivity index (χ0) is 12.0. The first kappa shape index (κ1) is 11.3. The van der Waals surface area contributed by atoms with Crippen molar-refractivity contribution in [1.29, 1.82) is 0 Å². The second-order valence-corrected chi connectivity index (χ2v) is 5.49. The van der Waals surface area contributed by atoms with Crippen LogP contribution >= 0.6 is 23.8 Å². The molecule has 1 aliphatic rings. The third kappa shape index (κ3) is 1.90. The van der Waals surface area contributed by atoms with E-state index in [9.17, 15) is 0 Å². The van der Waals surface area contributed by atoms with Gasteiger partial charge in [0.05, 0.1) is 17.1 Å². The van der Waals surface area contributed by atoms with Crippen molar-refractivity contribution in [2.75, 3.05) is 20.1 Å². The number of imidazole rings is 1. The smallest absolute Gasteiger partial charge is 0.178 e.